The lowest BCUT2D eigenvalue weighted by Gasteiger charge is -2.14. The lowest BCUT2D eigenvalue weighted by atomic mass is 10.0. The second kappa shape index (κ2) is 9.71. The van der Waals surface area contributed by atoms with Crippen molar-refractivity contribution < 1.29 is 4.79 Å². The number of hydrogen-bond acceptors (Lipinski definition) is 5. The monoisotopic (exact) mass is 375 g/mol. The van der Waals surface area contributed by atoms with Crippen molar-refractivity contribution in [2.45, 2.75) is 65.1 Å². The van der Waals surface area contributed by atoms with E-state index in [0.29, 0.717) is 16.8 Å². The molecule has 0 saturated carbocycles. The minimum absolute atomic E-state index is 0.0168. The normalized spacial score (nSPS) is 12.4. The van der Waals surface area contributed by atoms with Gasteiger partial charge < -0.3 is 5.32 Å². The average molecular weight is 376 g/mol. The zero-order valence-corrected chi connectivity index (χ0v) is 17.1. The zero-order chi connectivity index (χ0) is 19.1. The topological polar surface area (TPSA) is 72.7 Å². The summed E-state index contributed by atoms with van der Waals surface area (Å²) < 4.78 is 1.72. The molecule has 0 unspecified atom stereocenters. The molecule has 0 spiro atoms. The van der Waals surface area contributed by atoms with Gasteiger partial charge in [0.1, 0.15) is 0 Å². The second-order valence-corrected chi connectivity index (χ2v) is 8.14. The number of benzene rings is 1. The Labute approximate surface area is 160 Å². The van der Waals surface area contributed by atoms with Gasteiger partial charge in [-0.15, -0.1) is 5.10 Å². The molecule has 0 aliphatic carbocycles. The number of hydrogen-bond donors (Lipinski definition) is 1. The van der Waals surface area contributed by atoms with Crippen LogP contribution >= 0.6 is 11.8 Å². The summed E-state index contributed by atoms with van der Waals surface area (Å²) >= 11 is 1.36. The van der Waals surface area contributed by atoms with E-state index < -0.39 is 0 Å². The molecule has 0 saturated heterocycles. The highest BCUT2D eigenvalue weighted by Gasteiger charge is 2.15. The zero-order valence-electron chi connectivity index (χ0n) is 16.3. The number of para-hydroxylation sites is 1. The molecule has 26 heavy (non-hydrogen) atoms. The highest BCUT2D eigenvalue weighted by atomic mass is 32.2. The average Bonchev–Trinajstić information content (AvgIpc) is 3.00. The molecule has 0 radical (unpaired) electrons. The Kier molecular flexibility index (Phi) is 7.63. The SMILES string of the molecule is Cc1cccc(C)c1-n1nnnc1SCC(=O)N[C@@H](C)CCCC(C)C. The van der Waals surface area contributed by atoms with Crippen molar-refractivity contribution in [3.05, 3.63) is 29.3 Å². The molecule has 1 aromatic heterocycles. The maximum absolute atomic E-state index is 12.2. The van der Waals surface area contributed by atoms with Crippen molar-refractivity contribution in [2.75, 3.05) is 5.75 Å². The Morgan fingerprint density at radius 2 is 1.88 bits per heavy atom. The van der Waals surface area contributed by atoms with Crippen molar-refractivity contribution in [3.63, 3.8) is 0 Å². The second-order valence-electron chi connectivity index (χ2n) is 7.20. The quantitative estimate of drug-likeness (QED) is 0.677. The minimum atomic E-state index is 0.0168. The van der Waals surface area contributed by atoms with Crippen molar-refractivity contribution in [1.82, 2.24) is 25.5 Å². The van der Waals surface area contributed by atoms with Gasteiger partial charge in [0.05, 0.1) is 11.4 Å². The van der Waals surface area contributed by atoms with Crippen molar-refractivity contribution in [3.8, 4) is 5.69 Å². The molecule has 0 bridgehead atoms. The number of carbonyl (C=O) groups excluding carboxylic acids is 1. The van der Waals surface area contributed by atoms with Crippen LogP contribution in [0.4, 0.5) is 0 Å². The summed E-state index contributed by atoms with van der Waals surface area (Å²) in [5, 5.41) is 15.7. The van der Waals surface area contributed by atoms with Gasteiger partial charge in [0.15, 0.2) is 0 Å². The molecule has 0 aliphatic heterocycles. The number of tetrazole rings is 1. The highest BCUT2D eigenvalue weighted by Crippen LogP contribution is 2.23. The third-order valence-corrected chi connectivity index (χ3v) is 5.17. The van der Waals surface area contributed by atoms with E-state index in [1.54, 1.807) is 4.68 Å². The van der Waals surface area contributed by atoms with Crippen LogP contribution in [0.2, 0.25) is 0 Å². The number of aryl methyl sites for hydroxylation is 2. The molecule has 1 N–H and O–H groups in total. The van der Waals surface area contributed by atoms with Crippen molar-refractivity contribution in [2.24, 2.45) is 5.92 Å². The Morgan fingerprint density at radius 3 is 2.54 bits per heavy atom. The van der Waals surface area contributed by atoms with Crippen LogP contribution in [0.3, 0.4) is 0 Å². The molecule has 2 rings (SSSR count). The summed E-state index contributed by atoms with van der Waals surface area (Å²) in [6.07, 6.45) is 3.34. The van der Waals surface area contributed by atoms with E-state index in [1.165, 1.54) is 18.2 Å². The maximum Gasteiger partial charge on any atom is 0.230 e. The fraction of sp³-hybridized carbons (Fsp3) is 0.579. The van der Waals surface area contributed by atoms with Gasteiger partial charge in [-0.3, -0.25) is 4.79 Å². The van der Waals surface area contributed by atoms with E-state index in [2.05, 4.69) is 41.6 Å². The first-order valence-corrected chi connectivity index (χ1v) is 10.1. The van der Waals surface area contributed by atoms with Crippen LogP contribution in [0.15, 0.2) is 23.4 Å². The smallest absolute Gasteiger partial charge is 0.230 e. The molecule has 7 heteroatoms. The Balaban J connectivity index is 1.91. The van der Waals surface area contributed by atoms with E-state index in [4.69, 9.17) is 0 Å². The van der Waals surface area contributed by atoms with Gasteiger partial charge in [0.2, 0.25) is 11.1 Å². The lowest BCUT2D eigenvalue weighted by Crippen LogP contribution is -2.33. The summed E-state index contributed by atoms with van der Waals surface area (Å²) in [5.41, 5.74) is 3.17. The van der Waals surface area contributed by atoms with Crippen LogP contribution in [-0.2, 0) is 4.79 Å². The van der Waals surface area contributed by atoms with E-state index in [0.717, 1.165) is 29.7 Å². The first kappa shape index (κ1) is 20.4. The first-order chi connectivity index (χ1) is 12.4. The molecular formula is C19H29N5OS. The summed E-state index contributed by atoms with van der Waals surface area (Å²) in [5.74, 6) is 1.03. The molecule has 1 heterocycles. The molecular weight excluding hydrogens is 346 g/mol. The van der Waals surface area contributed by atoms with Crippen LogP contribution in [0, 0.1) is 19.8 Å². The number of thioether (sulfide) groups is 1. The third-order valence-electron chi connectivity index (χ3n) is 4.25. The van der Waals surface area contributed by atoms with Gasteiger partial charge in [-0.25, -0.2) is 0 Å². The van der Waals surface area contributed by atoms with Gasteiger partial charge in [0.25, 0.3) is 0 Å². The maximum atomic E-state index is 12.2. The predicted octanol–water partition coefficient (Wildman–Crippen LogP) is 3.70. The number of nitrogens with zero attached hydrogens (tertiary/aromatic N) is 4. The van der Waals surface area contributed by atoms with E-state index in [1.807, 2.05) is 32.0 Å². The molecule has 1 amide bonds. The molecule has 142 valence electrons. The van der Waals surface area contributed by atoms with Crippen LogP contribution in [0.25, 0.3) is 5.69 Å². The highest BCUT2D eigenvalue weighted by molar-refractivity contribution is 7.99. The molecule has 0 fully saturated rings. The number of nitrogens with one attached hydrogen (secondary N) is 1. The number of aromatic nitrogens is 4. The Bertz CT molecular complexity index is 708. The van der Waals surface area contributed by atoms with Crippen LogP contribution in [-0.4, -0.2) is 37.9 Å². The van der Waals surface area contributed by atoms with Crippen LogP contribution in [0.5, 0.6) is 0 Å². The fourth-order valence-corrected chi connectivity index (χ4v) is 3.59. The number of carbonyl (C=O) groups is 1. The van der Waals surface area contributed by atoms with Gasteiger partial charge in [-0.2, -0.15) is 4.68 Å². The van der Waals surface area contributed by atoms with Crippen molar-refractivity contribution >= 4 is 17.7 Å². The van der Waals surface area contributed by atoms with Crippen molar-refractivity contribution in [1.29, 1.82) is 0 Å². The van der Waals surface area contributed by atoms with Gasteiger partial charge >= 0.3 is 0 Å². The van der Waals surface area contributed by atoms with E-state index in [9.17, 15) is 4.79 Å². The van der Waals surface area contributed by atoms with Gasteiger partial charge in [-0.1, -0.05) is 56.7 Å². The summed E-state index contributed by atoms with van der Waals surface area (Å²) in [7, 11) is 0. The predicted molar refractivity (Wildman–Crippen MR) is 106 cm³/mol. The van der Waals surface area contributed by atoms with Gasteiger partial charge in [-0.05, 0) is 54.7 Å². The van der Waals surface area contributed by atoms with E-state index >= 15 is 0 Å². The summed E-state index contributed by atoms with van der Waals surface area (Å²) in [4.78, 5) is 12.2. The number of rotatable bonds is 9. The fourth-order valence-electron chi connectivity index (χ4n) is 2.90. The largest absolute Gasteiger partial charge is 0.353 e. The molecule has 0 aliphatic rings. The van der Waals surface area contributed by atoms with E-state index in [-0.39, 0.29) is 11.9 Å². The molecule has 6 nitrogen and oxygen atoms in total. The Hall–Kier alpha value is -1.89. The van der Waals surface area contributed by atoms with Crippen LogP contribution in [0.1, 0.15) is 51.2 Å². The summed E-state index contributed by atoms with van der Waals surface area (Å²) in [6.45, 7) is 10.6. The Morgan fingerprint density at radius 1 is 1.19 bits per heavy atom. The van der Waals surface area contributed by atoms with Gasteiger partial charge in [0, 0.05) is 6.04 Å². The molecule has 1 aromatic carbocycles. The van der Waals surface area contributed by atoms with Crippen LogP contribution < -0.4 is 5.32 Å². The summed E-state index contributed by atoms with van der Waals surface area (Å²) in [6, 6.07) is 6.27. The minimum Gasteiger partial charge on any atom is -0.353 e. The molecule has 2 aromatic rings. The third kappa shape index (κ3) is 5.83. The lowest BCUT2D eigenvalue weighted by molar-refractivity contribution is -0.119. The molecule has 1 atom stereocenters. The standard InChI is InChI=1S/C19H29N5OS/c1-13(2)8-6-11-16(5)20-17(25)12-26-19-21-22-23-24(19)18-14(3)9-7-10-15(18)4/h7,9-10,13,16H,6,8,11-12H2,1-5H3,(H,20,25)/t16-/m0/s1. The number of amides is 1. The first-order valence-electron chi connectivity index (χ1n) is 9.15.